The fourth-order valence-electron chi connectivity index (χ4n) is 3.35. The van der Waals surface area contributed by atoms with Gasteiger partial charge in [0, 0.05) is 16.3 Å². The molecule has 0 saturated carbocycles. The highest BCUT2D eigenvalue weighted by Gasteiger charge is 2.37. The normalized spacial score (nSPS) is 15.4. The Morgan fingerprint density at radius 2 is 1.35 bits per heavy atom. The number of hydrogen-bond donors (Lipinski definition) is 2. The standard InChI is InChI=1S/C22H31O3P/c1-3-4-11-19(23)16-17-22(24)18(2)26(25,20-12-7-5-8-13-20)21-14-9-6-10-15-21/h5-10,12-15,18-19,22-24H,3-4,11,16-17H2,1-2H3/t18-,19?,22-/m0/s1. The summed E-state index contributed by atoms with van der Waals surface area (Å²) in [7, 11) is -2.98. The lowest BCUT2D eigenvalue weighted by molar-refractivity contribution is 0.107. The fourth-order valence-corrected chi connectivity index (χ4v) is 6.45. The first-order chi connectivity index (χ1) is 12.5. The Labute approximate surface area is 157 Å². The topological polar surface area (TPSA) is 57.5 Å². The van der Waals surface area contributed by atoms with E-state index in [-0.39, 0.29) is 0 Å². The van der Waals surface area contributed by atoms with Crippen LogP contribution in [0.15, 0.2) is 60.7 Å². The quantitative estimate of drug-likeness (QED) is 0.616. The molecule has 26 heavy (non-hydrogen) atoms. The molecule has 2 aromatic rings. The van der Waals surface area contributed by atoms with Crippen LogP contribution < -0.4 is 10.6 Å². The van der Waals surface area contributed by atoms with Gasteiger partial charge in [0.2, 0.25) is 0 Å². The van der Waals surface area contributed by atoms with Gasteiger partial charge in [-0.2, -0.15) is 0 Å². The van der Waals surface area contributed by atoms with Crippen molar-refractivity contribution in [2.75, 3.05) is 0 Å². The van der Waals surface area contributed by atoms with Crippen molar-refractivity contribution in [3.05, 3.63) is 60.7 Å². The Kier molecular flexibility index (Phi) is 8.09. The summed E-state index contributed by atoms with van der Waals surface area (Å²) in [5, 5.41) is 22.4. The number of unbranched alkanes of at least 4 members (excludes halogenated alkanes) is 1. The minimum absolute atomic E-state index is 0.398. The summed E-state index contributed by atoms with van der Waals surface area (Å²) in [4.78, 5) is 0. The Morgan fingerprint density at radius 1 is 0.846 bits per heavy atom. The zero-order valence-corrected chi connectivity index (χ0v) is 16.7. The van der Waals surface area contributed by atoms with E-state index in [0.717, 1.165) is 29.9 Å². The van der Waals surface area contributed by atoms with Crippen molar-refractivity contribution in [2.45, 2.75) is 63.8 Å². The zero-order valence-electron chi connectivity index (χ0n) is 15.8. The van der Waals surface area contributed by atoms with Crippen LogP contribution in [0.5, 0.6) is 0 Å². The summed E-state index contributed by atoms with van der Waals surface area (Å²) in [6.07, 6.45) is 2.66. The van der Waals surface area contributed by atoms with Gasteiger partial charge in [-0.1, -0.05) is 87.4 Å². The molecular weight excluding hydrogens is 343 g/mol. The van der Waals surface area contributed by atoms with Gasteiger partial charge in [-0.05, 0) is 19.3 Å². The van der Waals surface area contributed by atoms with E-state index in [1.807, 2.05) is 67.6 Å². The maximum atomic E-state index is 14.2. The van der Waals surface area contributed by atoms with E-state index in [1.165, 1.54) is 0 Å². The van der Waals surface area contributed by atoms with E-state index < -0.39 is 25.0 Å². The summed E-state index contributed by atoms with van der Waals surface area (Å²) in [5.41, 5.74) is -0.411. The summed E-state index contributed by atoms with van der Waals surface area (Å²) in [5.74, 6) is 0. The number of aliphatic hydroxyl groups excluding tert-OH is 2. The van der Waals surface area contributed by atoms with Crippen LogP contribution in [0.25, 0.3) is 0 Å². The van der Waals surface area contributed by atoms with Crippen LogP contribution in [0.3, 0.4) is 0 Å². The minimum atomic E-state index is -2.98. The maximum Gasteiger partial charge on any atom is 0.148 e. The summed E-state index contributed by atoms with van der Waals surface area (Å²) in [6, 6.07) is 18.9. The molecule has 1 unspecified atom stereocenters. The van der Waals surface area contributed by atoms with E-state index in [2.05, 4.69) is 6.92 Å². The first kappa shape index (κ1) is 20.9. The highest BCUT2D eigenvalue weighted by Crippen LogP contribution is 2.50. The molecule has 142 valence electrons. The molecule has 2 rings (SSSR count). The van der Waals surface area contributed by atoms with Crippen molar-refractivity contribution >= 4 is 17.8 Å². The van der Waals surface area contributed by atoms with Gasteiger partial charge in [-0.15, -0.1) is 0 Å². The first-order valence-electron chi connectivity index (χ1n) is 9.57. The lowest BCUT2D eigenvalue weighted by Gasteiger charge is -2.30. The predicted octanol–water partition coefficient (Wildman–Crippen LogP) is 4.08. The molecule has 0 bridgehead atoms. The van der Waals surface area contributed by atoms with Crippen LogP contribution in [0.1, 0.15) is 46.0 Å². The average molecular weight is 374 g/mol. The Morgan fingerprint density at radius 3 is 1.81 bits per heavy atom. The van der Waals surface area contributed by atoms with Crippen LogP contribution in [0.4, 0.5) is 0 Å². The van der Waals surface area contributed by atoms with Gasteiger partial charge in [-0.3, -0.25) is 0 Å². The minimum Gasteiger partial charge on any atom is -0.393 e. The van der Waals surface area contributed by atoms with E-state index in [1.54, 1.807) is 0 Å². The van der Waals surface area contributed by atoms with Gasteiger partial charge in [-0.25, -0.2) is 0 Å². The van der Waals surface area contributed by atoms with Crippen LogP contribution in [0, 0.1) is 0 Å². The van der Waals surface area contributed by atoms with Gasteiger partial charge in [0.15, 0.2) is 0 Å². The second-order valence-electron chi connectivity index (χ2n) is 7.01. The predicted molar refractivity (Wildman–Crippen MR) is 110 cm³/mol. The Bertz CT molecular complexity index is 644. The molecule has 0 aromatic heterocycles. The molecule has 3 nitrogen and oxygen atoms in total. The summed E-state index contributed by atoms with van der Waals surface area (Å²) in [6.45, 7) is 3.96. The zero-order chi connectivity index (χ0) is 19.0. The number of benzene rings is 2. The molecule has 4 heteroatoms. The van der Waals surface area contributed by atoms with Gasteiger partial charge in [0.25, 0.3) is 0 Å². The van der Waals surface area contributed by atoms with Crippen LogP contribution in [0.2, 0.25) is 0 Å². The van der Waals surface area contributed by atoms with E-state index in [4.69, 9.17) is 0 Å². The summed E-state index contributed by atoms with van der Waals surface area (Å²) >= 11 is 0. The molecular formula is C22H31O3P. The second-order valence-corrected chi connectivity index (χ2v) is 10.2. The third-order valence-electron chi connectivity index (χ3n) is 5.10. The van der Waals surface area contributed by atoms with Gasteiger partial charge in [0.1, 0.15) is 7.14 Å². The molecule has 0 fully saturated rings. The fraction of sp³-hybridized carbons (Fsp3) is 0.455. The lowest BCUT2D eigenvalue weighted by atomic mass is 10.0. The molecule has 0 aliphatic rings. The SMILES string of the molecule is CCCCC(O)CC[C@H](O)[C@H](C)P(=O)(c1ccccc1)c1ccccc1. The molecule has 0 saturated heterocycles. The van der Waals surface area contributed by atoms with Crippen molar-refractivity contribution in [3.63, 3.8) is 0 Å². The monoisotopic (exact) mass is 374 g/mol. The molecule has 0 radical (unpaired) electrons. The third kappa shape index (κ3) is 5.07. The van der Waals surface area contributed by atoms with E-state index in [9.17, 15) is 14.8 Å². The molecule has 0 spiro atoms. The average Bonchev–Trinajstić information content (AvgIpc) is 2.70. The van der Waals surface area contributed by atoms with Crippen molar-refractivity contribution in [1.82, 2.24) is 0 Å². The molecule has 3 atom stereocenters. The molecule has 2 aromatic carbocycles. The van der Waals surface area contributed by atoms with Crippen LogP contribution >= 0.6 is 7.14 Å². The number of aliphatic hydroxyl groups is 2. The van der Waals surface area contributed by atoms with E-state index >= 15 is 0 Å². The van der Waals surface area contributed by atoms with Crippen molar-refractivity contribution in [2.24, 2.45) is 0 Å². The number of rotatable bonds is 10. The van der Waals surface area contributed by atoms with Crippen LogP contribution in [-0.2, 0) is 4.57 Å². The second kappa shape index (κ2) is 10.1. The van der Waals surface area contributed by atoms with Gasteiger partial charge < -0.3 is 14.8 Å². The van der Waals surface area contributed by atoms with Gasteiger partial charge in [0.05, 0.1) is 12.2 Å². The maximum absolute atomic E-state index is 14.2. The number of hydrogen-bond acceptors (Lipinski definition) is 3. The summed E-state index contributed by atoms with van der Waals surface area (Å²) < 4.78 is 14.2. The van der Waals surface area contributed by atoms with Crippen molar-refractivity contribution < 1.29 is 14.8 Å². The molecule has 0 heterocycles. The smallest absolute Gasteiger partial charge is 0.148 e. The Hall–Kier alpha value is -1.41. The highest BCUT2D eigenvalue weighted by molar-refractivity contribution is 7.79. The highest BCUT2D eigenvalue weighted by atomic mass is 31.2. The molecule has 2 N–H and O–H groups in total. The first-order valence-corrected chi connectivity index (χ1v) is 11.3. The van der Waals surface area contributed by atoms with Gasteiger partial charge >= 0.3 is 0 Å². The largest absolute Gasteiger partial charge is 0.393 e. The molecule has 0 aliphatic heterocycles. The van der Waals surface area contributed by atoms with Crippen molar-refractivity contribution in [3.8, 4) is 0 Å². The third-order valence-corrected chi connectivity index (χ3v) is 8.72. The lowest BCUT2D eigenvalue weighted by Crippen LogP contribution is -2.33. The van der Waals surface area contributed by atoms with Crippen LogP contribution in [-0.4, -0.2) is 28.1 Å². The van der Waals surface area contributed by atoms with E-state index in [0.29, 0.717) is 12.8 Å². The molecule has 0 amide bonds. The Balaban J connectivity index is 2.22. The van der Waals surface area contributed by atoms with Crippen molar-refractivity contribution in [1.29, 1.82) is 0 Å². The molecule has 0 aliphatic carbocycles.